The van der Waals surface area contributed by atoms with Crippen LogP contribution in [0.2, 0.25) is 0 Å². The Morgan fingerprint density at radius 1 is 1.19 bits per heavy atom. The quantitative estimate of drug-likeness (QED) is 0.445. The maximum atomic E-state index is 12.8. The molecule has 0 aliphatic carbocycles. The van der Waals surface area contributed by atoms with Crippen LogP contribution >= 0.6 is 15.9 Å². The van der Waals surface area contributed by atoms with E-state index in [1.807, 2.05) is 43.3 Å². The molecule has 1 aliphatic rings. The Kier molecular flexibility index (Phi) is 5.77. The van der Waals surface area contributed by atoms with Crippen molar-refractivity contribution in [3.05, 3.63) is 75.3 Å². The topological polar surface area (TPSA) is 66.8 Å². The molecule has 6 heteroatoms. The summed E-state index contributed by atoms with van der Waals surface area (Å²) in [5.41, 5.74) is 2.38. The van der Waals surface area contributed by atoms with Crippen molar-refractivity contribution in [2.75, 3.05) is 20.3 Å². The van der Waals surface area contributed by atoms with Crippen LogP contribution in [-0.4, -0.2) is 42.0 Å². The van der Waals surface area contributed by atoms with E-state index < -0.39 is 17.7 Å². The molecular weight excluding hydrogens is 410 g/mol. The molecule has 5 nitrogen and oxygen atoms in total. The monoisotopic (exact) mass is 429 g/mol. The predicted molar refractivity (Wildman–Crippen MR) is 106 cm³/mol. The predicted octanol–water partition coefficient (Wildman–Crippen LogP) is 3.83. The number of methoxy groups -OCH3 is 1. The van der Waals surface area contributed by atoms with E-state index >= 15 is 0 Å². The Morgan fingerprint density at radius 3 is 2.52 bits per heavy atom. The van der Waals surface area contributed by atoms with Gasteiger partial charge in [0, 0.05) is 23.7 Å². The van der Waals surface area contributed by atoms with Gasteiger partial charge < -0.3 is 14.7 Å². The molecule has 0 bridgehead atoms. The number of likely N-dealkylation sites (tertiary alicyclic amines) is 1. The fourth-order valence-corrected chi connectivity index (χ4v) is 3.61. The van der Waals surface area contributed by atoms with Crippen molar-refractivity contribution in [1.82, 2.24) is 4.90 Å². The number of ether oxygens (including phenoxy) is 1. The molecule has 1 fully saturated rings. The first-order valence-corrected chi connectivity index (χ1v) is 9.33. The number of ketones is 1. The molecule has 0 radical (unpaired) electrons. The Labute approximate surface area is 166 Å². The first kappa shape index (κ1) is 19.3. The van der Waals surface area contributed by atoms with Crippen LogP contribution in [0.15, 0.2) is 58.6 Å². The summed E-state index contributed by atoms with van der Waals surface area (Å²) in [6.07, 6.45) is 0. The van der Waals surface area contributed by atoms with Gasteiger partial charge in [-0.1, -0.05) is 57.9 Å². The number of carbonyl (C=O) groups excluding carboxylic acids is 2. The maximum Gasteiger partial charge on any atom is 0.295 e. The highest BCUT2D eigenvalue weighted by Crippen LogP contribution is 2.39. The second-order valence-electron chi connectivity index (χ2n) is 6.41. The fraction of sp³-hybridized carbons (Fsp3) is 0.238. The molecule has 2 aromatic rings. The van der Waals surface area contributed by atoms with Crippen molar-refractivity contribution >= 4 is 33.4 Å². The number of hydrogen-bond acceptors (Lipinski definition) is 4. The number of aliphatic hydroxyl groups excluding tert-OH is 1. The number of hydrogen-bond donors (Lipinski definition) is 1. The largest absolute Gasteiger partial charge is 0.507 e. The molecule has 0 saturated carbocycles. The molecule has 3 rings (SSSR count). The number of aryl methyl sites for hydroxylation is 1. The lowest BCUT2D eigenvalue weighted by Gasteiger charge is -2.25. The van der Waals surface area contributed by atoms with Gasteiger partial charge in [0.15, 0.2) is 0 Å². The number of Topliss-reactive ketones (excluding diaryl/α,β-unsaturated/α-hetero) is 1. The van der Waals surface area contributed by atoms with Gasteiger partial charge in [0.1, 0.15) is 5.76 Å². The highest BCUT2D eigenvalue weighted by atomic mass is 79.9. The van der Waals surface area contributed by atoms with Gasteiger partial charge in [-0.3, -0.25) is 9.59 Å². The van der Waals surface area contributed by atoms with Gasteiger partial charge in [0.25, 0.3) is 11.7 Å². The average molecular weight is 430 g/mol. The van der Waals surface area contributed by atoms with E-state index in [2.05, 4.69) is 15.9 Å². The first-order valence-electron chi connectivity index (χ1n) is 8.54. The molecule has 1 atom stereocenters. The molecular formula is C21H20BrNO4. The Bertz CT molecular complexity index is 905. The van der Waals surface area contributed by atoms with Crippen LogP contribution in [0.3, 0.4) is 0 Å². The van der Waals surface area contributed by atoms with E-state index in [1.165, 1.54) is 12.0 Å². The van der Waals surface area contributed by atoms with E-state index in [9.17, 15) is 14.7 Å². The summed E-state index contributed by atoms with van der Waals surface area (Å²) in [6.45, 7) is 2.49. The molecule has 1 aliphatic heterocycles. The highest BCUT2D eigenvalue weighted by Gasteiger charge is 2.45. The van der Waals surface area contributed by atoms with E-state index in [0.717, 1.165) is 15.6 Å². The molecule has 1 heterocycles. The Hall–Kier alpha value is -2.44. The van der Waals surface area contributed by atoms with Gasteiger partial charge in [-0.05, 0) is 24.6 Å². The molecule has 140 valence electrons. The van der Waals surface area contributed by atoms with E-state index in [0.29, 0.717) is 12.2 Å². The number of carbonyl (C=O) groups is 2. The third-order valence-corrected chi connectivity index (χ3v) is 5.06. The van der Waals surface area contributed by atoms with Crippen molar-refractivity contribution in [3.63, 3.8) is 0 Å². The minimum atomic E-state index is -0.686. The number of aliphatic hydroxyl groups is 1. The molecule has 1 saturated heterocycles. The zero-order valence-electron chi connectivity index (χ0n) is 15.1. The fourth-order valence-electron chi connectivity index (χ4n) is 3.19. The van der Waals surface area contributed by atoms with Gasteiger partial charge in [0.2, 0.25) is 0 Å². The summed E-state index contributed by atoms with van der Waals surface area (Å²) in [4.78, 5) is 26.9. The van der Waals surface area contributed by atoms with Crippen LogP contribution in [0, 0.1) is 6.92 Å². The number of rotatable bonds is 5. The van der Waals surface area contributed by atoms with Crippen molar-refractivity contribution in [3.8, 4) is 0 Å². The van der Waals surface area contributed by atoms with Crippen LogP contribution < -0.4 is 0 Å². The van der Waals surface area contributed by atoms with E-state index in [1.54, 1.807) is 12.1 Å². The SMILES string of the molecule is COCCN1C(=O)C(=O)/C(=C(/O)c2ccc(C)cc2)[C@@H]1c1cccc(Br)c1. The Morgan fingerprint density at radius 2 is 1.89 bits per heavy atom. The molecule has 1 amide bonds. The molecule has 1 N–H and O–H groups in total. The lowest BCUT2D eigenvalue weighted by atomic mass is 9.95. The van der Waals surface area contributed by atoms with Crippen LogP contribution in [0.4, 0.5) is 0 Å². The highest BCUT2D eigenvalue weighted by molar-refractivity contribution is 9.10. The minimum Gasteiger partial charge on any atom is -0.507 e. The van der Waals surface area contributed by atoms with Gasteiger partial charge in [-0.25, -0.2) is 0 Å². The lowest BCUT2D eigenvalue weighted by Crippen LogP contribution is -2.32. The summed E-state index contributed by atoms with van der Waals surface area (Å²) < 4.78 is 5.92. The smallest absolute Gasteiger partial charge is 0.295 e. The zero-order valence-corrected chi connectivity index (χ0v) is 16.7. The third-order valence-electron chi connectivity index (χ3n) is 4.57. The van der Waals surface area contributed by atoms with Crippen molar-refractivity contribution in [1.29, 1.82) is 0 Å². The Balaban J connectivity index is 2.16. The van der Waals surface area contributed by atoms with Crippen LogP contribution in [0.5, 0.6) is 0 Å². The van der Waals surface area contributed by atoms with E-state index in [4.69, 9.17) is 4.74 Å². The van der Waals surface area contributed by atoms with Gasteiger partial charge >= 0.3 is 0 Å². The number of amides is 1. The normalized spacial score (nSPS) is 18.9. The van der Waals surface area contributed by atoms with Crippen LogP contribution in [0.1, 0.15) is 22.7 Å². The summed E-state index contributed by atoms with van der Waals surface area (Å²) in [5, 5.41) is 10.9. The summed E-state index contributed by atoms with van der Waals surface area (Å²) in [7, 11) is 1.54. The number of benzene rings is 2. The van der Waals surface area contributed by atoms with Crippen molar-refractivity contribution in [2.45, 2.75) is 13.0 Å². The average Bonchev–Trinajstić information content (AvgIpc) is 2.91. The molecule has 27 heavy (non-hydrogen) atoms. The summed E-state index contributed by atoms with van der Waals surface area (Å²) in [5.74, 6) is -1.49. The van der Waals surface area contributed by atoms with Crippen molar-refractivity contribution in [2.24, 2.45) is 0 Å². The third kappa shape index (κ3) is 3.82. The van der Waals surface area contributed by atoms with Gasteiger partial charge in [0.05, 0.1) is 18.2 Å². The number of nitrogens with zero attached hydrogens (tertiary/aromatic N) is 1. The molecule has 0 aromatic heterocycles. The molecule has 0 unspecified atom stereocenters. The number of halogens is 1. The van der Waals surface area contributed by atoms with Crippen LogP contribution in [-0.2, 0) is 14.3 Å². The van der Waals surface area contributed by atoms with Crippen LogP contribution in [0.25, 0.3) is 5.76 Å². The van der Waals surface area contributed by atoms with E-state index in [-0.39, 0.29) is 17.9 Å². The van der Waals surface area contributed by atoms with Crippen molar-refractivity contribution < 1.29 is 19.4 Å². The lowest BCUT2D eigenvalue weighted by molar-refractivity contribution is -0.140. The standard InChI is InChI=1S/C21H20BrNO4/c1-13-6-8-14(9-7-13)19(24)17-18(15-4-3-5-16(22)12-15)23(10-11-27-2)21(26)20(17)25/h3-9,12,18,24H,10-11H2,1-2H3/b19-17+/t18-/m0/s1. The van der Waals surface area contributed by atoms with Gasteiger partial charge in [-0.2, -0.15) is 0 Å². The summed E-state index contributed by atoms with van der Waals surface area (Å²) >= 11 is 3.43. The molecule has 0 spiro atoms. The zero-order chi connectivity index (χ0) is 19.6. The first-order chi connectivity index (χ1) is 12.9. The second kappa shape index (κ2) is 8.06. The van der Waals surface area contributed by atoms with Gasteiger partial charge in [-0.15, -0.1) is 0 Å². The minimum absolute atomic E-state index is 0.0954. The second-order valence-corrected chi connectivity index (χ2v) is 7.32. The maximum absolute atomic E-state index is 12.8. The molecule has 2 aromatic carbocycles. The summed E-state index contributed by atoms with van der Waals surface area (Å²) in [6, 6.07) is 13.9.